The van der Waals surface area contributed by atoms with Gasteiger partial charge in [0, 0.05) is 42.7 Å². The molecule has 6 aromatic rings. The average molecular weight is 825 g/mol. The first-order chi connectivity index (χ1) is 22.4. The van der Waals surface area contributed by atoms with E-state index in [1.54, 1.807) is 36.4 Å². The number of aliphatic hydroxyl groups is 1. The van der Waals surface area contributed by atoms with Gasteiger partial charge in [0.25, 0.3) is 0 Å². The molecule has 0 aliphatic heterocycles. The van der Waals surface area contributed by atoms with Crippen molar-refractivity contribution in [1.29, 1.82) is 0 Å². The smallest absolute Gasteiger partial charge is 0.189 e. The molecule has 1 radical (unpaired) electrons. The fourth-order valence-corrected chi connectivity index (χ4v) is 6.40. The summed E-state index contributed by atoms with van der Waals surface area (Å²) < 4.78 is 0. The minimum absolute atomic E-state index is 0. The monoisotopic (exact) mass is 825 g/mol. The molecule has 0 unspecified atom stereocenters. The number of nitrogens with zero attached hydrogens (tertiary/aromatic N) is 1. The number of carbonyl (C=O) groups excluding carboxylic acids is 1. The van der Waals surface area contributed by atoms with E-state index in [-0.39, 0.29) is 37.1 Å². The summed E-state index contributed by atoms with van der Waals surface area (Å²) in [6.07, 6.45) is 1.24. The van der Waals surface area contributed by atoms with Crippen LogP contribution in [-0.4, -0.2) is 23.9 Å². The number of rotatable bonds is 6. The Morgan fingerprint density at radius 2 is 1.33 bits per heavy atom. The van der Waals surface area contributed by atoms with Gasteiger partial charge in [-0.05, 0) is 28.3 Å². The average Bonchev–Trinajstić information content (AvgIpc) is 3.08. The number of aliphatic hydroxyl groups excluding tert-OH is 1. The Morgan fingerprint density at radius 3 is 1.88 bits per heavy atom. The second-order valence-corrected chi connectivity index (χ2v) is 18.8. The van der Waals surface area contributed by atoms with E-state index in [0.717, 1.165) is 16.8 Å². The molecule has 0 amide bonds. The van der Waals surface area contributed by atoms with Gasteiger partial charge in [-0.15, -0.1) is 35.4 Å². The van der Waals surface area contributed by atoms with Crippen molar-refractivity contribution in [3.8, 4) is 22.4 Å². The molecule has 48 heavy (non-hydrogen) atoms. The SMILES string of the molecule is CC(C)(C)c1c[c-]c(-c2cc(-c3ccccc3)c3cc([Si](C)(C)C)ccc3n2)cc1.O=C(/C=C(\O)c1ccccc1)c1ccccc1.[Ir]. The van der Waals surface area contributed by atoms with E-state index in [1.165, 1.54) is 33.3 Å². The predicted octanol–water partition coefficient (Wildman–Crippen LogP) is 10.7. The van der Waals surface area contributed by atoms with Crippen LogP contribution in [0.5, 0.6) is 0 Å². The van der Waals surface area contributed by atoms with E-state index >= 15 is 0 Å². The number of allylic oxidation sites excluding steroid dienone is 1. The standard InChI is InChI=1S/C28H30NSi.C15H12O2.Ir/c1-28(2,3)22-14-12-21(13-15-22)27-19-24(20-10-8-7-9-11-20)25-18-23(30(4,5)6)16-17-26(25)29-27;16-14(12-7-3-1-4-8-12)11-15(17)13-9-5-2-6-10-13;/h7-12,14-19H,1-6H3;1-11,16H;/q-1;;/b;14-11-;. The molecule has 0 aliphatic carbocycles. The molecule has 5 heteroatoms. The molecule has 0 saturated carbocycles. The summed E-state index contributed by atoms with van der Waals surface area (Å²) in [5, 5.41) is 12.5. The number of hydrogen-bond donors (Lipinski definition) is 1. The Morgan fingerprint density at radius 1 is 0.750 bits per heavy atom. The summed E-state index contributed by atoms with van der Waals surface area (Å²) in [5.74, 6) is -0.216. The Balaban J connectivity index is 0.000000246. The van der Waals surface area contributed by atoms with Crippen LogP contribution in [-0.2, 0) is 25.5 Å². The first-order valence-corrected chi connectivity index (χ1v) is 19.5. The van der Waals surface area contributed by atoms with Gasteiger partial charge in [-0.3, -0.25) is 9.78 Å². The van der Waals surface area contributed by atoms with Crippen LogP contribution in [0, 0.1) is 6.07 Å². The predicted molar refractivity (Wildman–Crippen MR) is 201 cm³/mol. The van der Waals surface area contributed by atoms with Crippen LogP contribution in [0.2, 0.25) is 19.6 Å². The first kappa shape index (κ1) is 36.4. The van der Waals surface area contributed by atoms with E-state index in [9.17, 15) is 9.90 Å². The molecule has 5 aromatic carbocycles. The summed E-state index contributed by atoms with van der Waals surface area (Å²) in [6, 6.07) is 47.5. The minimum atomic E-state index is -1.41. The third-order valence-corrected chi connectivity index (χ3v) is 10.2. The zero-order chi connectivity index (χ0) is 33.6. The van der Waals surface area contributed by atoms with Crippen LogP contribution >= 0.6 is 0 Å². The molecule has 6 rings (SSSR count). The van der Waals surface area contributed by atoms with Crippen LogP contribution in [0.4, 0.5) is 0 Å². The number of pyridine rings is 1. The largest absolute Gasteiger partial charge is 0.507 e. The van der Waals surface area contributed by atoms with Gasteiger partial charge in [-0.25, -0.2) is 0 Å². The van der Waals surface area contributed by atoms with E-state index in [0.29, 0.717) is 11.1 Å². The van der Waals surface area contributed by atoms with Crippen LogP contribution in [0.1, 0.15) is 42.3 Å². The summed E-state index contributed by atoms with van der Waals surface area (Å²) in [6.45, 7) is 13.9. The molecule has 0 bridgehead atoms. The first-order valence-electron chi connectivity index (χ1n) is 16.0. The third-order valence-electron chi connectivity index (χ3n) is 8.11. The van der Waals surface area contributed by atoms with Gasteiger partial charge in [0.1, 0.15) is 5.76 Å². The van der Waals surface area contributed by atoms with Crippen molar-refractivity contribution >= 4 is 35.7 Å². The van der Waals surface area contributed by atoms with E-state index in [1.807, 2.05) is 24.3 Å². The van der Waals surface area contributed by atoms with Crippen molar-refractivity contribution in [2.24, 2.45) is 0 Å². The molecule has 0 aliphatic rings. The maximum atomic E-state index is 11.8. The molecule has 3 nitrogen and oxygen atoms in total. The van der Waals surface area contributed by atoms with E-state index in [2.05, 4.69) is 119 Å². The summed E-state index contributed by atoms with van der Waals surface area (Å²) >= 11 is 0. The Hall–Kier alpha value is -4.41. The maximum absolute atomic E-state index is 11.8. The van der Waals surface area contributed by atoms with Gasteiger partial charge >= 0.3 is 0 Å². The maximum Gasteiger partial charge on any atom is 0.189 e. The zero-order valence-corrected chi connectivity index (χ0v) is 31.8. The van der Waals surface area contributed by atoms with Crippen LogP contribution in [0.25, 0.3) is 39.0 Å². The molecular weight excluding hydrogens is 783 g/mol. The van der Waals surface area contributed by atoms with Crippen molar-refractivity contribution < 1.29 is 30.0 Å². The molecule has 1 heterocycles. The second kappa shape index (κ2) is 15.7. The molecule has 0 fully saturated rings. The van der Waals surface area contributed by atoms with Gasteiger partial charge in [0.05, 0.1) is 13.6 Å². The van der Waals surface area contributed by atoms with E-state index in [4.69, 9.17) is 4.98 Å². The Kier molecular flexibility index (Phi) is 11.9. The zero-order valence-electron chi connectivity index (χ0n) is 28.4. The minimum Gasteiger partial charge on any atom is -0.507 e. The second-order valence-electron chi connectivity index (χ2n) is 13.8. The van der Waals surface area contributed by atoms with Crippen LogP contribution in [0.3, 0.4) is 0 Å². The van der Waals surface area contributed by atoms with Gasteiger partial charge in [-0.1, -0.05) is 155 Å². The fraction of sp³-hybridized carbons (Fsp3) is 0.163. The number of carbonyl (C=O) groups is 1. The van der Waals surface area contributed by atoms with Crippen molar-refractivity contribution in [2.45, 2.75) is 45.8 Å². The van der Waals surface area contributed by atoms with E-state index < -0.39 is 8.07 Å². The summed E-state index contributed by atoms with van der Waals surface area (Å²) in [4.78, 5) is 16.8. The van der Waals surface area contributed by atoms with Crippen molar-refractivity contribution in [3.63, 3.8) is 0 Å². The van der Waals surface area contributed by atoms with Crippen molar-refractivity contribution in [3.05, 3.63) is 162 Å². The van der Waals surface area contributed by atoms with Gasteiger partial charge in [0.15, 0.2) is 5.78 Å². The van der Waals surface area contributed by atoms with Crippen molar-refractivity contribution in [2.75, 3.05) is 0 Å². The molecule has 1 aromatic heterocycles. The summed E-state index contributed by atoms with van der Waals surface area (Å²) in [7, 11) is -1.41. The number of ketones is 1. The number of benzene rings is 5. The molecule has 0 saturated heterocycles. The fourth-order valence-electron chi connectivity index (χ4n) is 5.24. The third kappa shape index (κ3) is 9.14. The number of aromatic nitrogens is 1. The van der Waals surface area contributed by atoms with Gasteiger partial charge < -0.3 is 5.11 Å². The molecule has 1 N–H and O–H groups in total. The molecular formula is C43H42IrNO2Si-. The van der Waals surface area contributed by atoms with Gasteiger partial charge in [-0.2, -0.15) is 0 Å². The van der Waals surface area contributed by atoms with Gasteiger partial charge in [0.2, 0.25) is 0 Å². The van der Waals surface area contributed by atoms with Crippen LogP contribution in [0.15, 0.2) is 140 Å². The number of fused-ring (bicyclic) bond motifs is 1. The quantitative estimate of drug-likeness (QED) is 0.0598. The molecule has 0 spiro atoms. The summed E-state index contributed by atoms with van der Waals surface area (Å²) in [5.41, 5.74) is 8.13. The topological polar surface area (TPSA) is 50.2 Å². The molecule has 0 atom stereocenters. The number of hydrogen-bond acceptors (Lipinski definition) is 3. The Bertz CT molecular complexity index is 1990. The van der Waals surface area contributed by atoms with Crippen molar-refractivity contribution in [1.82, 2.24) is 4.98 Å². The Labute approximate surface area is 299 Å². The van der Waals surface area contributed by atoms with Crippen LogP contribution < -0.4 is 5.19 Å². The molecule has 245 valence electrons. The normalized spacial score (nSPS) is 11.7.